The topological polar surface area (TPSA) is 104 Å². The summed E-state index contributed by atoms with van der Waals surface area (Å²) in [7, 11) is 0. The molecule has 0 radical (unpaired) electrons. The minimum Gasteiger partial charge on any atom is -0.481 e. The SMILES string of the molecule is CC(=O)O.CCCOC(C)=O.OCCO. The molecule has 0 fully saturated rings. The number of rotatable bonds is 3. The molecule has 0 aliphatic carbocycles. The Labute approximate surface area is 89.5 Å². The van der Waals surface area contributed by atoms with Gasteiger partial charge in [-0.25, -0.2) is 0 Å². The van der Waals surface area contributed by atoms with E-state index < -0.39 is 5.97 Å². The van der Waals surface area contributed by atoms with Crippen molar-refractivity contribution in [2.45, 2.75) is 27.2 Å². The van der Waals surface area contributed by atoms with Crippen LogP contribution >= 0.6 is 0 Å². The Bertz CT molecular complexity index is 140. The van der Waals surface area contributed by atoms with E-state index >= 15 is 0 Å². The molecule has 0 unspecified atom stereocenters. The lowest BCUT2D eigenvalue weighted by Crippen LogP contribution is -1.98. The molecule has 0 aromatic carbocycles. The molecule has 0 aromatic heterocycles. The van der Waals surface area contributed by atoms with Crippen molar-refractivity contribution in [1.82, 2.24) is 0 Å². The van der Waals surface area contributed by atoms with Crippen molar-refractivity contribution in [2.24, 2.45) is 0 Å². The third-order valence-electron chi connectivity index (χ3n) is 0.609. The number of carbonyl (C=O) groups excluding carboxylic acids is 1. The first kappa shape index (κ1) is 19.4. The van der Waals surface area contributed by atoms with Crippen LogP contribution in [0.1, 0.15) is 27.2 Å². The number of aliphatic hydroxyl groups excluding tert-OH is 2. The zero-order chi connectivity index (χ0) is 12.7. The van der Waals surface area contributed by atoms with Crippen molar-refractivity contribution in [2.75, 3.05) is 19.8 Å². The van der Waals surface area contributed by atoms with E-state index in [0.717, 1.165) is 13.3 Å². The van der Waals surface area contributed by atoms with Gasteiger partial charge in [0.25, 0.3) is 5.97 Å². The smallest absolute Gasteiger partial charge is 0.302 e. The van der Waals surface area contributed by atoms with Crippen molar-refractivity contribution in [1.29, 1.82) is 0 Å². The standard InChI is InChI=1S/C5H10O2.C2H4O2.C2H6O2/c1-3-4-7-5(2)6;1-2(3)4;3-1-2-4/h3-4H2,1-2H3;1H3,(H,3,4);3-4H,1-2H2. The Morgan fingerprint density at radius 2 is 1.47 bits per heavy atom. The maximum absolute atomic E-state index is 9.98. The summed E-state index contributed by atoms with van der Waals surface area (Å²) in [6.07, 6.45) is 0.902. The number of carboxylic acids is 1. The van der Waals surface area contributed by atoms with Crippen LogP contribution in [0.4, 0.5) is 0 Å². The molecule has 15 heavy (non-hydrogen) atoms. The molecule has 0 aliphatic heterocycles. The molecule has 0 bridgehead atoms. The lowest BCUT2D eigenvalue weighted by atomic mass is 10.5. The molecule has 0 heterocycles. The molecule has 0 aromatic rings. The maximum atomic E-state index is 9.98. The van der Waals surface area contributed by atoms with Crippen molar-refractivity contribution >= 4 is 11.9 Å². The normalized spacial score (nSPS) is 7.53. The van der Waals surface area contributed by atoms with Gasteiger partial charge in [-0.3, -0.25) is 9.59 Å². The maximum Gasteiger partial charge on any atom is 0.302 e. The van der Waals surface area contributed by atoms with E-state index in [1.54, 1.807) is 0 Å². The van der Waals surface area contributed by atoms with Gasteiger partial charge < -0.3 is 20.1 Å². The zero-order valence-electron chi connectivity index (χ0n) is 9.39. The molecule has 6 nitrogen and oxygen atoms in total. The average Bonchev–Trinajstić information content (AvgIpc) is 2.14. The third-order valence-corrected chi connectivity index (χ3v) is 0.609. The summed E-state index contributed by atoms with van der Waals surface area (Å²) in [5, 5.41) is 22.7. The molecule has 0 aliphatic rings. The molecule has 0 saturated carbocycles. The van der Waals surface area contributed by atoms with Gasteiger partial charge in [0, 0.05) is 13.8 Å². The zero-order valence-corrected chi connectivity index (χ0v) is 9.39. The summed E-state index contributed by atoms with van der Waals surface area (Å²) in [6.45, 7) is 4.76. The highest BCUT2D eigenvalue weighted by molar-refractivity contribution is 5.65. The second-order valence-electron chi connectivity index (χ2n) is 2.31. The van der Waals surface area contributed by atoms with Crippen LogP contribution in [-0.2, 0) is 14.3 Å². The van der Waals surface area contributed by atoms with Crippen LogP contribution in [0, 0.1) is 0 Å². The van der Waals surface area contributed by atoms with Gasteiger partial charge in [0.05, 0.1) is 19.8 Å². The van der Waals surface area contributed by atoms with Crippen molar-refractivity contribution in [3.63, 3.8) is 0 Å². The van der Waals surface area contributed by atoms with Gasteiger partial charge in [0.15, 0.2) is 0 Å². The van der Waals surface area contributed by atoms with Crippen LogP contribution in [0.5, 0.6) is 0 Å². The van der Waals surface area contributed by atoms with Gasteiger partial charge in [-0.1, -0.05) is 6.92 Å². The highest BCUT2D eigenvalue weighted by Gasteiger charge is 1.85. The summed E-state index contributed by atoms with van der Waals surface area (Å²) in [6, 6.07) is 0. The monoisotopic (exact) mass is 224 g/mol. The first-order valence-electron chi connectivity index (χ1n) is 4.46. The molecule has 0 atom stereocenters. The van der Waals surface area contributed by atoms with Crippen LogP contribution in [0.15, 0.2) is 0 Å². The van der Waals surface area contributed by atoms with Crippen LogP contribution < -0.4 is 0 Å². The number of aliphatic carboxylic acids is 1. The van der Waals surface area contributed by atoms with Gasteiger partial charge >= 0.3 is 5.97 Å². The molecular formula is C9H20O6. The number of esters is 1. The van der Waals surface area contributed by atoms with E-state index in [1.807, 2.05) is 6.92 Å². The molecule has 0 saturated heterocycles. The molecule has 0 amide bonds. The first-order valence-corrected chi connectivity index (χ1v) is 4.46. The number of hydrogen-bond donors (Lipinski definition) is 3. The number of hydrogen-bond acceptors (Lipinski definition) is 5. The van der Waals surface area contributed by atoms with E-state index in [2.05, 4.69) is 4.74 Å². The van der Waals surface area contributed by atoms with Gasteiger partial charge in [0.2, 0.25) is 0 Å². The second-order valence-corrected chi connectivity index (χ2v) is 2.31. The van der Waals surface area contributed by atoms with E-state index in [0.29, 0.717) is 6.61 Å². The highest BCUT2D eigenvalue weighted by Crippen LogP contribution is 1.78. The van der Waals surface area contributed by atoms with Crippen LogP contribution in [0.3, 0.4) is 0 Å². The van der Waals surface area contributed by atoms with Crippen LogP contribution in [-0.4, -0.2) is 47.1 Å². The Balaban J connectivity index is -0.000000155. The van der Waals surface area contributed by atoms with Gasteiger partial charge in [-0.15, -0.1) is 0 Å². The van der Waals surface area contributed by atoms with Gasteiger partial charge in [-0.05, 0) is 6.42 Å². The first-order chi connectivity index (χ1) is 6.92. The number of carbonyl (C=O) groups is 2. The molecule has 6 heteroatoms. The average molecular weight is 224 g/mol. The lowest BCUT2D eigenvalue weighted by molar-refractivity contribution is -0.141. The van der Waals surface area contributed by atoms with Crippen molar-refractivity contribution in [3.8, 4) is 0 Å². The lowest BCUT2D eigenvalue weighted by Gasteiger charge is -1.93. The summed E-state index contributed by atoms with van der Waals surface area (Å²) >= 11 is 0. The Kier molecular flexibility index (Phi) is 24.1. The molecular weight excluding hydrogens is 204 g/mol. The molecule has 0 rings (SSSR count). The summed E-state index contributed by atoms with van der Waals surface area (Å²) in [4.78, 5) is 19.0. The van der Waals surface area contributed by atoms with E-state index in [1.165, 1.54) is 6.92 Å². The largest absolute Gasteiger partial charge is 0.481 e. The van der Waals surface area contributed by atoms with Gasteiger partial charge in [-0.2, -0.15) is 0 Å². The fraction of sp³-hybridized carbons (Fsp3) is 0.778. The fourth-order valence-corrected chi connectivity index (χ4v) is 0.246. The minimum absolute atomic E-state index is 0.125. The Morgan fingerprint density at radius 1 is 1.13 bits per heavy atom. The van der Waals surface area contributed by atoms with E-state index in [4.69, 9.17) is 20.1 Å². The summed E-state index contributed by atoms with van der Waals surface area (Å²) < 4.78 is 4.55. The van der Waals surface area contributed by atoms with Gasteiger partial charge in [0.1, 0.15) is 0 Å². The summed E-state index contributed by atoms with van der Waals surface area (Å²) in [5.41, 5.74) is 0. The number of carboxylic acid groups (broad SMARTS) is 1. The predicted molar refractivity (Wildman–Crippen MR) is 54.4 cm³/mol. The number of aliphatic hydroxyl groups is 2. The molecule has 0 spiro atoms. The van der Waals surface area contributed by atoms with Crippen molar-refractivity contribution in [3.05, 3.63) is 0 Å². The quantitative estimate of drug-likeness (QED) is 0.584. The minimum atomic E-state index is -0.833. The molecule has 3 N–H and O–H groups in total. The van der Waals surface area contributed by atoms with Crippen molar-refractivity contribution < 1.29 is 29.6 Å². The second kappa shape index (κ2) is 18.6. The summed E-state index contributed by atoms with van der Waals surface area (Å²) in [5.74, 6) is -1.03. The molecule has 92 valence electrons. The Morgan fingerprint density at radius 3 is 1.53 bits per heavy atom. The highest BCUT2D eigenvalue weighted by atomic mass is 16.5. The Hall–Kier alpha value is -1.14. The third kappa shape index (κ3) is 102. The van der Waals surface area contributed by atoms with Crippen LogP contribution in [0.2, 0.25) is 0 Å². The predicted octanol–water partition coefficient (Wildman–Crippen LogP) is 0.0214. The van der Waals surface area contributed by atoms with Crippen LogP contribution in [0.25, 0.3) is 0 Å². The van der Waals surface area contributed by atoms with E-state index in [9.17, 15) is 4.79 Å². The number of ether oxygens (including phenoxy) is 1. The fourth-order valence-electron chi connectivity index (χ4n) is 0.246. The van der Waals surface area contributed by atoms with E-state index in [-0.39, 0.29) is 19.2 Å².